The van der Waals surface area contributed by atoms with E-state index in [0.29, 0.717) is 22.6 Å². The number of pyridine rings is 1. The summed E-state index contributed by atoms with van der Waals surface area (Å²) in [7, 11) is 0. The first kappa shape index (κ1) is 14.5. The monoisotopic (exact) mass is 338 g/mol. The Morgan fingerprint density at radius 2 is 2.20 bits per heavy atom. The maximum Gasteiger partial charge on any atom is 0.258 e. The molecule has 0 aliphatic carbocycles. The molecule has 1 heterocycles. The van der Waals surface area contributed by atoms with Crippen molar-refractivity contribution in [2.24, 2.45) is 0 Å². The summed E-state index contributed by atoms with van der Waals surface area (Å²) < 4.78 is 19.4. The second-order valence-corrected chi connectivity index (χ2v) is 4.81. The fraction of sp³-hybridized carbons (Fsp3) is 0.143. The third-order valence-electron chi connectivity index (χ3n) is 2.46. The minimum atomic E-state index is -0.579. The zero-order valence-corrected chi connectivity index (χ0v) is 12.3. The second kappa shape index (κ2) is 6.47. The van der Waals surface area contributed by atoms with E-state index in [2.05, 4.69) is 26.2 Å². The van der Waals surface area contributed by atoms with E-state index in [1.165, 1.54) is 24.4 Å². The van der Waals surface area contributed by atoms with Gasteiger partial charge in [0.2, 0.25) is 5.88 Å². The van der Waals surface area contributed by atoms with Crippen LogP contribution in [0, 0.1) is 5.82 Å². The first-order valence-corrected chi connectivity index (χ1v) is 6.74. The molecule has 6 heteroatoms. The molecule has 0 radical (unpaired) electrons. The van der Waals surface area contributed by atoms with Crippen LogP contribution >= 0.6 is 15.9 Å². The molecule has 0 spiro atoms. The van der Waals surface area contributed by atoms with Gasteiger partial charge in [0.1, 0.15) is 5.82 Å². The highest BCUT2D eigenvalue weighted by atomic mass is 79.9. The lowest BCUT2D eigenvalue weighted by molar-refractivity contribution is 0.102. The average molecular weight is 339 g/mol. The van der Waals surface area contributed by atoms with Crippen molar-refractivity contribution in [3.05, 3.63) is 52.4 Å². The summed E-state index contributed by atoms with van der Waals surface area (Å²) in [5.74, 6) is -0.640. The van der Waals surface area contributed by atoms with Crippen molar-refractivity contribution >= 4 is 27.5 Å². The number of anilines is 1. The topological polar surface area (TPSA) is 51.2 Å². The number of hydrogen-bond acceptors (Lipinski definition) is 3. The maximum absolute atomic E-state index is 13.6. The number of rotatable bonds is 4. The minimum Gasteiger partial charge on any atom is -0.478 e. The fourth-order valence-electron chi connectivity index (χ4n) is 1.56. The summed E-state index contributed by atoms with van der Waals surface area (Å²) in [5.41, 5.74) is 0.436. The Morgan fingerprint density at radius 1 is 1.40 bits per heavy atom. The number of aromatic nitrogens is 1. The minimum absolute atomic E-state index is 0.0340. The van der Waals surface area contributed by atoms with Gasteiger partial charge in [-0.05, 0) is 31.2 Å². The lowest BCUT2D eigenvalue weighted by atomic mass is 10.2. The third kappa shape index (κ3) is 3.54. The molecule has 4 nitrogen and oxygen atoms in total. The molecular formula is C14H12BrFN2O2. The highest BCUT2D eigenvalue weighted by Crippen LogP contribution is 2.18. The van der Waals surface area contributed by atoms with Crippen LogP contribution in [0.15, 0.2) is 41.0 Å². The number of carbonyl (C=O) groups excluding carboxylic acids is 1. The highest BCUT2D eigenvalue weighted by molar-refractivity contribution is 9.10. The molecule has 0 saturated heterocycles. The van der Waals surface area contributed by atoms with E-state index >= 15 is 0 Å². The fourth-order valence-corrected chi connectivity index (χ4v) is 1.92. The van der Waals surface area contributed by atoms with Crippen molar-refractivity contribution in [1.29, 1.82) is 0 Å². The lowest BCUT2D eigenvalue weighted by Crippen LogP contribution is -2.14. The number of halogens is 2. The molecule has 1 aromatic heterocycles. The van der Waals surface area contributed by atoms with Crippen LogP contribution in [0.5, 0.6) is 5.88 Å². The first-order chi connectivity index (χ1) is 9.60. The molecule has 20 heavy (non-hydrogen) atoms. The molecule has 0 aliphatic heterocycles. The number of hydrogen-bond donors (Lipinski definition) is 1. The molecule has 0 saturated carbocycles. The van der Waals surface area contributed by atoms with E-state index in [4.69, 9.17) is 4.74 Å². The van der Waals surface area contributed by atoms with Gasteiger partial charge in [0.15, 0.2) is 0 Å². The maximum atomic E-state index is 13.6. The number of nitrogens with zero attached hydrogens (tertiary/aromatic N) is 1. The Morgan fingerprint density at radius 3 is 2.85 bits per heavy atom. The Bertz CT molecular complexity index is 617. The Kier molecular flexibility index (Phi) is 4.68. The summed E-state index contributed by atoms with van der Waals surface area (Å²) in [4.78, 5) is 16.0. The number of benzene rings is 1. The molecule has 1 amide bonds. The highest BCUT2D eigenvalue weighted by Gasteiger charge is 2.12. The van der Waals surface area contributed by atoms with Crippen molar-refractivity contribution in [2.75, 3.05) is 11.9 Å². The molecule has 0 bridgehead atoms. The number of carbonyl (C=O) groups is 1. The van der Waals surface area contributed by atoms with Gasteiger partial charge >= 0.3 is 0 Å². The Labute approximate surface area is 124 Å². The summed E-state index contributed by atoms with van der Waals surface area (Å²) in [6, 6.07) is 7.47. The van der Waals surface area contributed by atoms with Gasteiger partial charge in [0.25, 0.3) is 5.91 Å². The van der Waals surface area contributed by atoms with Crippen molar-refractivity contribution in [3.63, 3.8) is 0 Å². The van der Waals surface area contributed by atoms with Crippen molar-refractivity contribution in [1.82, 2.24) is 4.98 Å². The van der Waals surface area contributed by atoms with Gasteiger partial charge in [-0.15, -0.1) is 0 Å². The number of nitrogens with one attached hydrogen (secondary N) is 1. The lowest BCUT2D eigenvalue weighted by Gasteiger charge is -2.07. The van der Waals surface area contributed by atoms with E-state index in [9.17, 15) is 9.18 Å². The van der Waals surface area contributed by atoms with Gasteiger partial charge in [-0.3, -0.25) is 4.79 Å². The van der Waals surface area contributed by atoms with Crippen molar-refractivity contribution in [3.8, 4) is 5.88 Å². The summed E-state index contributed by atoms with van der Waals surface area (Å²) in [5, 5.41) is 2.58. The van der Waals surface area contributed by atoms with Crippen LogP contribution in [-0.2, 0) is 0 Å². The molecule has 2 aromatic rings. The largest absolute Gasteiger partial charge is 0.478 e. The Balaban J connectivity index is 2.13. The quantitative estimate of drug-likeness (QED) is 0.925. The van der Waals surface area contributed by atoms with Gasteiger partial charge in [-0.25, -0.2) is 9.37 Å². The van der Waals surface area contributed by atoms with E-state index in [-0.39, 0.29) is 5.56 Å². The third-order valence-corrected chi connectivity index (χ3v) is 2.95. The Hall–Kier alpha value is -1.95. The predicted octanol–water partition coefficient (Wildman–Crippen LogP) is 3.63. The van der Waals surface area contributed by atoms with Crippen LogP contribution < -0.4 is 10.1 Å². The zero-order chi connectivity index (χ0) is 14.5. The molecular weight excluding hydrogens is 327 g/mol. The number of amides is 1. The first-order valence-electron chi connectivity index (χ1n) is 5.95. The summed E-state index contributed by atoms with van der Waals surface area (Å²) in [6.07, 6.45) is 1.46. The van der Waals surface area contributed by atoms with E-state index in [0.717, 1.165) is 0 Å². The molecule has 1 aromatic carbocycles. The van der Waals surface area contributed by atoms with Gasteiger partial charge in [-0.2, -0.15) is 0 Å². The molecule has 2 rings (SSSR count). The number of ether oxygens (including phenoxy) is 1. The van der Waals surface area contributed by atoms with Crippen LogP contribution in [0.25, 0.3) is 0 Å². The van der Waals surface area contributed by atoms with Crippen LogP contribution in [-0.4, -0.2) is 17.5 Å². The summed E-state index contributed by atoms with van der Waals surface area (Å²) in [6.45, 7) is 2.37. The van der Waals surface area contributed by atoms with E-state index < -0.39 is 11.7 Å². The smallest absolute Gasteiger partial charge is 0.258 e. The van der Waals surface area contributed by atoms with Gasteiger partial charge < -0.3 is 10.1 Å². The van der Waals surface area contributed by atoms with Crippen molar-refractivity contribution in [2.45, 2.75) is 6.92 Å². The van der Waals surface area contributed by atoms with Crippen LogP contribution in [0.3, 0.4) is 0 Å². The average Bonchev–Trinajstić information content (AvgIpc) is 2.44. The predicted molar refractivity (Wildman–Crippen MR) is 77.5 cm³/mol. The van der Waals surface area contributed by atoms with Crippen LogP contribution in [0.4, 0.5) is 10.1 Å². The van der Waals surface area contributed by atoms with E-state index in [1.807, 2.05) is 6.92 Å². The van der Waals surface area contributed by atoms with Gasteiger partial charge in [-0.1, -0.05) is 15.9 Å². The molecule has 0 fully saturated rings. The van der Waals surface area contributed by atoms with Crippen molar-refractivity contribution < 1.29 is 13.9 Å². The standard InChI is InChI=1S/C14H12BrFN2O2/c1-2-20-13-6-4-10(8-17-13)18-14(19)11-7-9(15)3-5-12(11)16/h3-8H,2H2,1H3,(H,18,19). The molecule has 0 atom stereocenters. The normalized spacial score (nSPS) is 10.2. The molecule has 0 aliphatic rings. The van der Waals surface area contributed by atoms with Crippen LogP contribution in [0.2, 0.25) is 0 Å². The SMILES string of the molecule is CCOc1ccc(NC(=O)c2cc(Br)ccc2F)cn1. The zero-order valence-electron chi connectivity index (χ0n) is 10.7. The molecule has 0 unspecified atom stereocenters. The van der Waals surface area contributed by atoms with Gasteiger partial charge in [0, 0.05) is 10.5 Å². The molecule has 104 valence electrons. The van der Waals surface area contributed by atoms with Gasteiger partial charge in [0.05, 0.1) is 24.1 Å². The summed E-state index contributed by atoms with van der Waals surface area (Å²) >= 11 is 3.20. The van der Waals surface area contributed by atoms with Crippen LogP contribution in [0.1, 0.15) is 17.3 Å². The molecule has 1 N–H and O–H groups in total. The second-order valence-electron chi connectivity index (χ2n) is 3.90. The van der Waals surface area contributed by atoms with E-state index in [1.54, 1.807) is 12.1 Å².